The number of hydrogen-bond acceptors (Lipinski definition) is 5. The van der Waals surface area contributed by atoms with E-state index in [1.807, 2.05) is 17.6 Å². The van der Waals surface area contributed by atoms with Gasteiger partial charge < -0.3 is 19.1 Å². The van der Waals surface area contributed by atoms with Crippen molar-refractivity contribution in [3.8, 4) is 23.3 Å². The summed E-state index contributed by atoms with van der Waals surface area (Å²) in [4.78, 5) is 12.2. The predicted molar refractivity (Wildman–Crippen MR) is 150 cm³/mol. The number of sulfonamides is 1. The first-order valence-corrected chi connectivity index (χ1v) is 13.9. The summed E-state index contributed by atoms with van der Waals surface area (Å²) in [5, 5.41) is 10.7. The molecule has 0 bridgehead atoms. The van der Waals surface area contributed by atoms with Gasteiger partial charge in [0.1, 0.15) is 30.0 Å². The fraction of sp³-hybridized carbons (Fsp3) is 0.233. The summed E-state index contributed by atoms with van der Waals surface area (Å²) >= 11 is 0. The first kappa shape index (κ1) is 28.7. The van der Waals surface area contributed by atoms with Crippen LogP contribution in [-0.2, 0) is 27.8 Å². The molecule has 0 spiro atoms. The molecule has 1 atom stereocenters. The van der Waals surface area contributed by atoms with E-state index in [0.29, 0.717) is 23.6 Å². The van der Waals surface area contributed by atoms with Crippen LogP contribution in [0, 0.1) is 24.6 Å². The Balaban J connectivity index is 1.66. The zero-order valence-electron chi connectivity index (χ0n) is 22.3. The second-order valence-electron chi connectivity index (χ2n) is 9.07. The Labute approximate surface area is 232 Å². The van der Waals surface area contributed by atoms with E-state index in [1.165, 1.54) is 43.5 Å². The average Bonchev–Trinajstić information content (AvgIpc) is 3.18. The van der Waals surface area contributed by atoms with Crippen molar-refractivity contribution in [1.82, 2.24) is 9.29 Å². The van der Waals surface area contributed by atoms with Crippen molar-refractivity contribution >= 4 is 26.9 Å². The Morgan fingerprint density at radius 2 is 1.82 bits per heavy atom. The second-order valence-corrected chi connectivity index (χ2v) is 10.8. The maximum atomic E-state index is 13.9. The molecule has 4 aromatic rings. The van der Waals surface area contributed by atoms with Crippen molar-refractivity contribution in [2.75, 3.05) is 13.7 Å². The Morgan fingerprint density at radius 3 is 2.48 bits per heavy atom. The highest BCUT2D eigenvalue weighted by molar-refractivity contribution is 7.89. The first-order valence-electron chi connectivity index (χ1n) is 12.4. The highest BCUT2D eigenvalue weighted by atomic mass is 32.2. The highest BCUT2D eigenvalue weighted by Crippen LogP contribution is 2.31. The van der Waals surface area contributed by atoms with Crippen LogP contribution in [0.25, 0.3) is 10.9 Å². The molecule has 0 aliphatic heterocycles. The Kier molecular flexibility index (Phi) is 8.77. The molecule has 1 heterocycles. The van der Waals surface area contributed by atoms with Crippen LogP contribution in [0.2, 0.25) is 0 Å². The van der Waals surface area contributed by atoms with Gasteiger partial charge in [-0.25, -0.2) is 12.8 Å². The predicted octanol–water partition coefficient (Wildman–Crippen LogP) is 4.52. The lowest BCUT2D eigenvalue weighted by Gasteiger charge is -2.16. The van der Waals surface area contributed by atoms with Crippen molar-refractivity contribution in [3.05, 3.63) is 89.4 Å². The molecule has 0 amide bonds. The molecule has 0 radical (unpaired) electrons. The number of carboxylic acids is 1. The summed E-state index contributed by atoms with van der Waals surface area (Å²) in [5.41, 5.74) is 2.88. The quantitative estimate of drug-likeness (QED) is 0.260. The van der Waals surface area contributed by atoms with Crippen LogP contribution in [0.15, 0.2) is 71.6 Å². The molecule has 0 aliphatic carbocycles. The lowest BCUT2D eigenvalue weighted by Crippen LogP contribution is -2.42. The fourth-order valence-corrected chi connectivity index (χ4v) is 5.67. The van der Waals surface area contributed by atoms with E-state index >= 15 is 0 Å². The highest BCUT2D eigenvalue weighted by Gasteiger charge is 2.28. The van der Waals surface area contributed by atoms with E-state index in [0.717, 1.165) is 22.2 Å². The Hall–Kier alpha value is -4.33. The monoisotopic (exact) mass is 564 g/mol. The van der Waals surface area contributed by atoms with Gasteiger partial charge in [0.2, 0.25) is 10.0 Å². The van der Waals surface area contributed by atoms with Gasteiger partial charge in [-0.15, -0.1) is 5.92 Å². The van der Waals surface area contributed by atoms with E-state index in [9.17, 15) is 22.7 Å². The van der Waals surface area contributed by atoms with Gasteiger partial charge >= 0.3 is 5.97 Å². The zero-order chi connectivity index (χ0) is 28.9. The van der Waals surface area contributed by atoms with Gasteiger partial charge in [0.25, 0.3) is 0 Å². The van der Waals surface area contributed by atoms with Crippen LogP contribution < -0.4 is 14.2 Å². The zero-order valence-corrected chi connectivity index (χ0v) is 23.1. The normalized spacial score (nSPS) is 12.0. The molecule has 208 valence electrons. The molecule has 2 N–H and O–H groups in total. The van der Waals surface area contributed by atoms with E-state index in [1.54, 1.807) is 31.2 Å². The molecule has 0 unspecified atom stereocenters. The molecule has 40 heavy (non-hydrogen) atoms. The lowest BCUT2D eigenvalue weighted by molar-refractivity contribution is -0.138. The molecular formula is C30H29FN2O6S. The van der Waals surface area contributed by atoms with Crippen molar-refractivity contribution < 1.29 is 32.2 Å². The Morgan fingerprint density at radius 1 is 1.10 bits per heavy atom. The van der Waals surface area contributed by atoms with E-state index < -0.39 is 22.0 Å². The third kappa shape index (κ3) is 6.45. The van der Waals surface area contributed by atoms with Crippen LogP contribution in [0.1, 0.15) is 23.7 Å². The molecule has 3 aromatic carbocycles. The number of halogens is 1. The van der Waals surface area contributed by atoms with Crippen molar-refractivity contribution in [3.63, 3.8) is 0 Å². The first-order chi connectivity index (χ1) is 19.1. The summed E-state index contributed by atoms with van der Waals surface area (Å²) in [7, 11) is -2.65. The van der Waals surface area contributed by atoms with E-state index in [-0.39, 0.29) is 23.7 Å². The summed E-state index contributed by atoms with van der Waals surface area (Å²) in [6, 6.07) is 15.9. The maximum Gasteiger partial charge on any atom is 0.322 e. The number of benzene rings is 3. The molecule has 0 aliphatic rings. The minimum Gasteiger partial charge on any atom is -0.497 e. The van der Waals surface area contributed by atoms with Crippen LogP contribution >= 0.6 is 0 Å². The van der Waals surface area contributed by atoms with Crippen LogP contribution in [0.3, 0.4) is 0 Å². The van der Waals surface area contributed by atoms with Gasteiger partial charge in [-0.05, 0) is 79.6 Å². The van der Waals surface area contributed by atoms with E-state index in [2.05, 4.69) is 16.6 Å². The topological polar surface area (TPSA) is 107 Å². The number of hydrogen-bond donors (Lipinski definition) is 2. The fourth-order valence-electron chi connectivity index (χ4n) is 4.48. The number of aliphatic carboxylic acids is 1. The van der Waals surface area contributed by atoms with Crippen LogP contribution in [0.5, 0.6) is 11.5 Å². The molecule has 0 saturated carbocycles. The van der Waals surface area contributed by atoms with Gasteiger partial charge in [0.15, 0.2) is 0 Å². The number of carboxylic acid groups (broad SMARTS) is 1. The minimum absolute atomic E-state index is 0.0976. The average molecular weight is 565 g/mol. The van der Waals surface area contributed by atoms with Crippen molar-refractivity contribution in [2.24, 2.45) is 0 Å². The van der Waals surface area contributed by atoms with Crippen molar-refractivity contribution in [2.45, 2.75) is 37.8 Å². The number of aromatic nitrogens is 1. The summed E-state index contributed by atoms with van der Waals surface area (Å²) in [5.74, 6) is 4.77. The van der Waals surface area contributed by atoms with Crippen molar-refractivity contribution in [1.29, 1.82) is 0 Å². The van der Waals surface area contributed by atoms with Gasteiger partial charge in [0, 0.05) is 29.6 Å². The molecule has 0 fully saturated rings. The Bertz CT molecular complexity index is 1700. The van der Waals surface area contributed by atoms with Crippen LogP contribution in [-0.4, -0.2) is 43.8 Å². The SMILES string of the molecule is CC#CCOc1ccc(S(=O)(=O)N[C@@H](Cc2c(C)n(Cc3cccc(F)c3)c3ccc(OC)cc23)C(=O)O)cc1. The largest absolute Gasteiger partial charge is 0.497 e. The van der Waals surface area contributed by atoms with Gasteiger partial charge in [-0.1, -0.05) is 18.1 Å². The molecule has 1 aromatic heterocycles. The molecule has 10 heteroatoms. The van der Waals surface area contributed by atoms with Gasteiger partial charge in [-0.3, -0.25) is 4.79 Å². The number of rotatable bonds is 11. The maximum absolute atomic E-state index is 13.9. The lowest BCUT2D eigenvalue weighted by atomic mass is 10.0. The number of nitrogens with zero attached hydrogens (tertiary/aromatic N) is 1. The van der Waals surface area contributed by atoms with Crippen LogP contribution in [0.4, 0.5) is 4.39 Å². The molecule has 0 saturated heterocycles. The third-order valence-electron chi connectivity index (χ3n) is 6.52. The van der Waals surface area contributed by atoms with E-state index in [4.69, 9.17) is 9.47 Å². The summed E-state index contributed by atoms with van der Waals surface area (Å²) in [6.07, 6.45) is -0.128. The summed E-state index contributed by atoms with van der Waals surface area (Å²) < 4.78 is 55.2. The number of nitrogens with one attached hydrogen (secondary N) is 1. The van der Waals surface area contributed by atoms with Gasteiger partial charge in [-0.2, -0.15) is 4.72 Å². The number of methoxy groups -OCH3 is 1. The second kappa shape index (κ2) is 12.2. The van der Waals surface area contributed by atoms with Gasteiger partial charge in [0.05, 0.1) is 12.0 Å². The third-order valence-corrected chi connectivity index (χ3v) is 8.00. The number of ether oxygens (including phenoxy) is 2. The molecule has 8 nitrogen and oxygen atoms in total. The smallest absolute Gasteiger partial charge is 0.322 e. The molecule has 4 rings (SSSR count). The number of fused-ring (bicyclic) bond motifs is 1. The number of carbonyl (C=O) groups is 1. The summed E-state index contributed by atoms with van der Waals surface area (Å²) in [6.45, 7) is 4.02. The molecular weight excluding hydrogens is 535 g/mol. The minimum atomic E-state index is -4.18. The standard InChI is InChI=1S/C30H29FN2O6S/c1-4-5-15-39-23-9-12-25(13-10-23)40(36,37)32-28(30(34)35)18-26-20(2)33(19-21-7-6-8-22(31)16-21)29-14-11-24(38-3)17-27(26)29/h6-14,16-17,28,32H,15,18-19H2,1-3H3,(H,34,35)/t28-/m0/s1.